The van der Waals surface area contributed by atoms with Crippen molar-refractivity contribution in [3.8, 4) is 5.75 Å². The van der Waals surface area contributed by atoms with E-state index in [1.54, 1.807) is 7.11 Å². The van der Waals surface area contributed by atoms with Crippen molar-refractivity contribution in [2.24, 2.45) is 5.11 Å². The van der Waals surface area contributed by atoms with Crippen LogP contribution in [0.4, 0.5) is 0 Å². The molecule has 3 atom stereocenters. The summed E-state index contributed by atoms with van der Waals surface area (Å²) >= 11 is 0. The highest BCUT2D eigenvalue weighted by molar-refractivity contribution is 7.49. The monoisotopic (exact) mass is 580 g/mol. The van der Waals surface area contributed by atoms with E-state index in [1.807, 2.05) is 24.3 Å². The molecule has 0 amide bonds. The van der Waals surface area contributed by atoms with Crippen molar-refractivity contribution >= 4 is 8.30 Å². The number of nitrogens with zero attached hydrogens (tertiary/aromatic N) is 4. The Bertz CT molecular complexity index is 813. The van der Waals surface area contributed by atoms with Crippen LogP contribution in [0.25, 0.3) is 10.4 Å². The Morgan fingerprint density at radius 2 is 1.73 bits per heavy atom. The summed E-state index contributed by atoms with van der Waals surface area (Å²) in [5, 5.41) is 3.93. The van der Waals surface area contributed by atoms with Crippen LogP contribution in [0.5, 0.6) is 5.75 Å². The predicted molar refractivity (Wildman–Crippen MR) is 164 cm³/mol. The van der Waals surface area contributed by atoms with Crippen LogP contribution in [-0.4, -0.2) is 62.2 Å². The van der Waals surface area contributed by atoms with Gasteiger partial charge in [0, 0.05) is 23.6 Å². The lowest BCUT2D eigenvalue weighted by atomic mass is 10.1. The summed E-state index contributed by atoms with van der Waals surface area (Å²) in [7, 11) is 0.618. The van der Waals surface area contributed by atoms with Crippen LogP contribution in [0, 0.1) is 0 Å². The summed E-state index contributed by atoms with van der Waals surface area (Å²) in [6.07, 6.45) is 9.85. The summed E-state index contributed by atoms with van der Waals surface area (Å²) in [6, 6.07) is 8.12. The van der Waals surface area contributed by atoms with Crippen molar-refractivity contribution < 1.29 is 23.5 Å². The molecule has 0 aliphatic rings. The molecule has 0 N–H and O–H groups in total. The fourth-order valence-electron chi connectivity index (χ4n) is 4.41. The topological polar surface area (TPSA) is 98.2 Å². The smallest absolute Gasteiger partial charge is 0.145 e. The van der Waals surface area contributed by atoms with Gasteiger partial charge >= 0.3 is 0 Å². The Hall–Kier alpha value is -1.86. The first-order valence-electron chi connectivity index (χ1n) is 14.6. The fourth-order valence-corrected chi connectivity index (χ4v) is 6.36. The molecule has 1 rings (SSSR count). The standard InChI is InChI=1S/C30H53N4O5P/c1-8-10-11-12-13-14-30(38-21-27-15-17-29(35-7)18-16-27)19-20-37-22-28(32-33-31)23-39-40(24-36-9-2)34(25(3)4)26(5)6/h9,15-18,25-26,28,30H,2,8,10-14,19-24H2,1,3-7H3/t28?,30-,40?/m1/s1. The van der Waals surface area contributed by atoms with Crippen LogP contribution in [-0.2, 0) is 25.3 Å². The highest BCUT2D eigenvalue weighted by atomic mass is 31.2. The van der Waals surface area contributed by atoms with Gasteiger partial charge < -0.3 is 23.5 Å². The van der Waals surface area contributed by atoms with E-state index in [-0.39, 0.29) is 24.8 Å². The van der Waals surface area contributed by atoms with Gasteiger partial charge in [-0.15, -0.1) is 0 Å². The number of benzene rings is 1. The Labute approximate surface area is 244 Å². The zero-order valence-corrected chi connectivity index (χ0v) is 26.6. The molecule has 0 radical (unpaired) electrons. The molecule has 0 saturated heterocycles. The predicted octanol–water partition coefficient (Wildman–Crippen LogP) is 8.59. The second-order valence-corrected chi connectivity index (χ2v) is 12.1. The van der Waals surface area contributed by atoms with E-state index in [9.17, 15) is 0 Å². The van der Waals surface area contributed by atoms with Crippen molar-refractivity contribution in [2.75, 3.05) is 33.3 Å². The first-order valence-corrected chi connectivity index (χ1v) is 16.0. The van der Waals surface area contributed by atoms with Crippen LogP contribution in [0.2, 0.25) is 0 Å². The molecule has 0 aliphatic heterocycles. The second kappa shape index (κ2) is 22.8. The molecule has 10 heteroatoms. The Balaban J connectivity index is 2.64. The van der Waals surface area contributed by atoms with E-state index >= 15 is 0 Å². The van der Waals surface area contributed by atoms with Gasteiger partial charge in [-0.05, 0) is 63.8 Å². The molecule has 0 heterocycles. The third-order valence-corrected chi connectivity index (χ3v) is 8.67. The minimum atomic E-state index is -1.05. The first kappa shape index (κ1) is 36.2. The SMILES string of the molecule is C=COCP(OCC(COCC[C@@H](CCCCCCC)OCc1ccc(OC)cc1)N=[N+]=[N-])N(C(C)C)C(C)C. The normalized spacial score (nSPS) is 13.7. The van der Waals surface area contributed by atoms with Gasteiger partial charge in [0.25, 0.3) is 0 Å². The van der Waals surface area contributed by atoms with Crippen molar-refractivity contribution in [1.29, 1.82) is 0 Å². The zero-order chi connectivity index (χ0) is 29.6. The van der Waals surface area contributed by atoms with Gasteiger partial charge in [-0.2, -0.15) is 0 Å². The molecule has 1 aromatic rings. The van der Waals surface area contributed by atoms with Gasteiger partial charge in [0.1, 0.15) is 20.4 Å². The highest BCUT2D eigenvalue weighted by Crippen LogP contribution is 2.45. The molecule has 0 spiro atoms. The number of unbranched alkanes of at least 4 members (excludes halogenated alkanes) is 4. The van der Waals surface area contributed by atoms with Crippen LogP contribution >= 0.6 is 8.30 Å². The number of methoxy groups -OCH3 is 1. The summed E-state index contributed by atoms with van der Waals surface area (Å²) in [4.78, 5) is 3.02. The van der Waals surface area contributed by atoms with E-state index in [0.29, 0.717) is 26.2 Å². The molecular formula is C30H53N4O5P. The largest absolute Gasteiger partial charge is 0.497 e. The molecule has 0 fully saturated rings. The van der Waals surface area contributed by atoms with Crippen molar-refractivity contribution in [1.82, 2.24) is 4.67 Å². The number of rotatable bonds is 25. The summed E-state index contributed by atoms with van der Waals surface area (Å²) < 4.78 is 31.6. The fraction of sp³-hybridized carbons (Fsp3) is 0.733. The average Bonchev–Trinajstić information content (AvgIpc) is 2.94. The maximum atomic E-state index is 9.12. The average molecular weight is 581 g/mol. The summed E-state index contributed by atoms with van der Waals surface area (Å²) in [5.74, 6) is 0.838. The molecule has 9 nitrogen and oxygen atoms in total. The third kappa shape index (κ3) is 15.8. The second-order valence-electron chi connectivity index (χ2n) is 10.4. The molecule has 2 unspecified atom stereocenters. The van der Waals surface area contributed by atoms with E-state index < -0.39 is 14.3 Å². The van der Waals surface area contributed by atoms with Crippen LogP contribution in [0.1, 0.15) is 85.1 Å². The van der Waals surface area contributed by atoms with Gasteiger partial charge in [-0.1, -0.05) is 62.9 Å². The van der Waals surface area contributed by atoms with Crippen molar-refractivity contribution in [3.63, 3.8) is 0 Å². The lowest BCUT2D eigenvalue weighted by Crippen LogP contribution is -2.34. The van der Waals surface area contributed by atoms with E-state index in [1.165, 1.54) is 31.9 Å². The van der Waals surface area contributed by atoms with Crippen LogP contribution in [0.15, 0.2) is 42.2 Å². The molecule has 0 aliphatic carbocycles. The maximum absolute atomic E-state index is 9.12. The van der Waals surface area contributed by atoms with E-state index in [0.717, 1.165) is 30.6 Å². The molecule has 228 valence electrons. The number of hydrogen-bond acceptors (Lipinski definition) is 7. The lowest BCUT2D eigenvalue weighted by Gasteiger charge is -2.36. The van der Waals surface area contributed by atoms with Crippen molar-refractivity contribution in [3.05, 3.63) is 53.1 Å². The Kier molecular flexibility index (Phi) is 20.6. The molecule has 0 bridgehead atoms. The summed E-state index contributed by atoms with van der Waals surface area (Å²) in [5.41, 5.74) is 10.2. The number of ether oxygens (including phenoxy) is 4. The van der Waals surface area contributed by atoms with Gasteiger partial charge in [-0.25, -0.2) is 0 Å². The van der Waals surface area contributed by atoms with Gasteiger partial charge in [-0.3, -0.25) is 4.67 Å². The van der Waals surface area contributed by atoms with Gasteiger partial charge in [0.05, 0.1) is 45.3 Å². The number of hydrogen-bond donors (Lipinski definition) is 0. The minimum absolute atomic E-state index is 0.104. The van der Waals surface area contributed by atoms with E-state index in [2.05, 4.69) is 55.9 Å². The number of azide groups is 1. The Morgan fingerprint density at radius 3 is 2.33 bits per heavy atom. The molecule has 1 aromatic carbocycles. The van der Waals surface area contributed by atoms with Crippen LogP contribution in [0.3, 0.4) is 0 Å². The van der Waals surface area contributed by atoms with E-state index in [4.69, 9.17) is 29.0 Å². The van der Waals surface area contributed by atoms with Crippen molar-refractivity contribution in [2.45, 2.75) is 110 Å². The molecule has 0 aromatic heterocycles. The van der Waals surface area contributed by atoms with Gasteiger partial charge in [0.2, 0.25) is 0 Å². The van der Waals surface area contributed by atoms with Crippen LogP contribution < -0.4 is 4.74 Å². The quantitative estimate of drug-likeness (QED) is 0.0287. The van der Waals surface area contributed by atoms with Gasteiger partial charge in [0.15, 0.2) is 0 Å². The lowest BCUT2D eigenvalue weighted by molar-refractivity contribution is 0.00292. The zero-order valence-electron chi connectivity index (χ0n) is 25.7. The molecule has 40 heavy (non-hydrogen) atoms. The molecular weight excluding hydrogens is 527 g/mol. The third-order valence-electron chi connectivity index (χ3n) is 6.42. The maximum Gasteiger partial charge on any atom is 0.145 e. The summed E-state index contributed by atoms with van der Waals surface area (Å²) in [6.45, 7) is 16.1. The Morgan fingerprint density at radius 1 is 1.02 bits per heavy atom. The highest BCUT2D eigenvalue weighted by Gasteiger charge is 2.26. The molecule has 0 saturated carbocycles. The minimum Gasteiger partial charge on any atom is -0.497 e. The first-order chi connectivity index (χ1) is 19.4.